The van der Waals surface area contributed by atoms with Gasteiger partial charge in [-0.3, -0.25) is 0 Å². The minimum atomic E-state index is -0.0427. The van der Waals surface area contributed by atoms with Gasteiger partial charge in [-0.25, -0.2) is 15.0 Å². The molecule has 0 bridgehead atoms. The Balaban J connectivity index is 1.21. The third-order valence-corrected chi connectivity index (χ3v) is 12.0. The second kappa shape index (κ2) is 12.1. The van der Waals surface area contributed by atoms with Crippen molar-refractivity contribution in [2.45, 2.75) is 39.0 Å². The average molecular weight is 696 g/mol. The summed E-state index contributed by atoms with van der Waals surface area (Å²) in [5, 5.41) is 5.80. The Morgan fingerprint density at radius 3 is 2.33 bits per heavy atom. The molecule has 0 saturated heterocycles. The van der Waals surface area contributed by atoms with Gasteiger partial charge in [-0.05, 0) is 93.3 Å². The predicted molar refractivity (Wildman–Crippen MR) is 221 cm³/mol. The number of benzene rings is 5. The molecule has 54 heavy (non-hydrogen) atoms. The number of aromatic nitrogens is 3. The third kappa shape index (κ3) is 4.94. The second-order valence-electron chi connectivity index (χ2n) is 15.2. The summed E-state index contributed by atoms with van der Waals surface area (Å²) < 4.78 is 6.61. The number of para-hydroxylation sites is 1. The number of allylic oxidation sites excluding steroid dienone is 10. The monoisotopic (exact) mass is 695 g/mol. The van der Waals surface area contributed by atoms with Gasteiger partial charge in [0.1, 0.15) is 11.3 Å². The number of hydrogen-bond donors (Lipinski definition) is 0. The fourth-order valence-electron chi connectivity index (χ4n) is 9.09. The van der Waals surface area contributed by atoms with Gasteiger partial charge in [-0.2, -0.15) is 0 Å². The maximum absolute atomic E-state index is 6.61. The van der Waals surface area contributed by atoms with E-state index in [2.05, 4.69) is 153 Å². The molecule has 1 unspecified atom stereocenters. The van der Waals surface area contributed by atoms with Gasteiger partial charge >= 0.3 is 0 Å². The van der Waals surface area contributed by atoms with Crippen molar-refractivity contribution in [2.24, 2.45) is 5.41 Å². The van der Waals surface area contributed by atoms with Gasteiger partial charge in [0, 0.05) is 39.5 Å². The van der Waals surface area contributed by atoms with Crippen molar-refractivity contribution < 1.29 is 4.42 Å². The van der Waals surface area contributed by atoms with Crippen LogP contribution in [0.25, 0.3) is 61.1 Å². The summed E-state index contributed by atoms with van der Waals surface area (Å²) >= 11 is 0. The molecule has 2 aromatic heterocycles. The lowest BCUT2D eigenvalue weighted by Crippen LogP contribution is -2.19. The highest BCUT2D eigenvalue weighted by atomic mass is 16.3. The highest BCUT2D eigenvalue weighted by Gasteiger charge is 2.33. The van der Waals surface area contributed by atoms with Gasteiger partial charge in [0.15, 0.2) is 17.5 Å². The van der Waals surface area contributed by atoms with Gasteiger partial charge in [-0.15, -0.1) is 0 Å². The Hall–Kier alpha value is -6.39. The number of aryl methyl sites for hydroxylation is 2. The zero-order valence-electron chi connectivity index (χ0n) is 30.1. The van der Waals surface area contributed by atoms with Crippen molar-refractivity contribution in [3.8, 4) is 11.4 Å². The van der Waals surface area contributed by atoms with Crippen LogP contribution in [0.5, 0.6) is 0 Å². The van der Waals surface area contributed by atoms with E-state index in [9.17, 15) is 0 Å². The van der Waals surface area contributed by atoms with Crippen molar-refractivity contribution in [1.82, 2.24) is 15.0 Å². The maximum atomic E-state index is 6.61. The Morgan fingerprint density at radius 1 is 0.648 bits per heavy atom. The van der Waals surface area contributed by atoms with Gasteiger partial charge in [0.25, 0.3) is 0 Å². The Labute approximate surface area is 314 Å². The molecule has 4 nitrogen and oxygen atoms in total. The smallest absolute Gasteiger partial charge is 0.165 e. The van der Waals surface area contributed by atoms with E-state index in [1.165, 1.54) is 38.6 Å². The Kier molecular flexibility index (Phi) is 6.97. The van der Waals surface area contributed by atoms with E-state index in [1.807, 2.05) is 0 Å². The zero-order valence-corrected chi connectivity index (χ0v) is 30.1. The van der Waals surface area contributed by atoms with E-state index in [0.29, 0.717) is 17.5 Å². The van der Waals surface area contributed by atoms with E-state index in [-0.39, 0.29) is 5.41 Å². The molecule has 0 fully saturated rings. The highest BCUT2D eigenvalue weighted by molar-refractivity contribution is 6.13. The summed E-state index contributed by atoms with van der Waals surface area (Å²) in [5.74, 6) is 3.07. The fraction of sp³-hybridized carbons (Fsp3) is 0.140. The predicted octanol–water partition coefficient (Wildman–Crippen LogP) is 12.2. The molecule has 11 rings (SSSR count). The van der Waals surface area contributed by atoms with Gasteiger partial charge in [-0.1, -0.05) is 134 Å². The lowest BCUT2D eigenvalue weighted by molar-refractivity contribution is 0.528. The Bertz CT molecular complexity index is 2930. The van der Waals surface area contributed by atoms with Crippen molar-refractivity contribution >= 4 is 49.7 Å². The molecule has 5 aromatic carbocycles. The minimum absolute atomic E-state index is 0.0427. The summed E-state index contributed by atoms with van der Waals surface area (Å²) in [6.07, 6.45) is 20.3. The maximum Gasteiger partial charge on any atom is 0.165 e. The van der Waals surface area contributed by atoms with Crippen LogP contribution in [0, 0.1) is 5.41 Å². The molecule has 0 aliphatic heterocycles. The first-order chi connectivity index (χ1) is 26.6. The molecule has 0 spiro atoms. The van der Waals surface area contributed by atoms with Crippen LogP contribution in [0.1, 0.15) is 60.3 Å². The van der Waals surface area contributed by atoms with Crippen LogP contribution in [-0.2, 0) is 12.8 Å². The van der Waals surface area contributed by atoms with Crippen LogP contribution in [0.2, 0.25) is 0 Å². The lowest BCUT2D eigenvalue weighted by Gasteiger charge is -2.32. The number of rotatable bonds is 4. The standard InChI is InChI=1S/C50H37N3O/c1-50-26-11-10-15-36(50)29-35(25-27-50)47-51-48(42-30-33-14-4-5-16-37(33)39-17-6-7-18-40(39)42)53-49(52-47)46-38(34-22-21-31-12-2-3-13-32(31)28-34)23-24-44-45(46)41-19-8-9-20-43(41)54-44/h2-20,25-26,28-30H,21-24,27H2,1H3. The summed E-state index contributed by atoms with van der Waals surface area (Å²) in [5.41, 5.74) is 11.7. The molecule has 0 N–H and O–H groups in total. The first-order valence-electron chi connectivity index (χ1n) is 19.1. The molecule has 4 aliphatic carbocycles. The van der Waals surface area contributed by atoms with Crippen LogP contribution in [0.15, 0.2) is 161 Å². The van der Waals surface area contributed by atoms with Crippen LogP contribution in [0.4, 0.5) is 0 Å². The molecular weight excluding hydrogens is 659 g/mol. The van der Waals surface area contributed by atoms with Gasteiger partial charge in [0.2, 0.25) is 0 Å². The van der Waals surface area contributed by atoms with E-state index >= 15 is 0 Å². The molecule has 258 valence electrons. The first-order valence-corrected chi connectivity index (χ1v) is 19.1. The van der Waals surface area contributed by atoms with E-state index in [4.69, 9.17) is 19.4 Å². The number of furan rings is 1. The van der Waals surface area contributed by atoms with Crippen molar-refractivity contribution in [3.05, 3.63) is 190 Å². The SMILES string of the molecule is CC12C=CC=CC1=CC(c1nc(C3=C(C4=Cc5ccccc5CC4)CCc4oc5ccccc5c43)nc(-c3cc4ccccc4c4ccccc34)n1)=CC2. The second-order valence-corrected chi connectivity index (χ2v) is 15.2. The normalized spacial score (nSPS) is 19.0. The van der Waals surface area contributed by atoms with Crippen molar-refractivity contribution in [3.63, 3.8) is 0 Å². The van der Waals surface area contributed by atoms with Gasteiger partial charge < -0.3 is 4.42 Å². The molecule has 7 aromatic rings. The zero-order chi connectivity index (χ0) is 35.8. The topological polar surface area (TPSA) is 51.8 Å². The molecule has 0 saturated carbocycles. The van der Waals surface area contributed by atoms with Crippen LogP contribution in [0.3, 0.4) is 0 Å². The lowest BCUT2D eigenvalue weighted by atomic mass is 9.73. The quantitative estimate of drug-likeness (QED) is 0.172. The summed E-state index contributed by atoms with van der Waals surface area (Å²) in [6, 6.07) is 36.7. The number of fused-ring (bicyclic) bond motifs is 8. The summed E-state index contributed by atoms with van der Waals surface area (Å²) in [7, 11) is 0. The summed E-state index contributed by atoms with van der Waals surface area (Å²) in [4.78, 5) is 16.4. The molecule has 2 heterocycles. The molecule has 0 amide bonds. The van der Waals surface area contributed by atoms with Crippen LogP contribution >= 0.6 is 0 Å². The third-order valence-electron chi connectivity index (χ3n) is 12.0. The molecule has 4 heteroatoms. The Morgan fingerprint density at radius 2 is 1.41 bits per heavy atom. The first kappa shape index (κ1) is 31.2. The van der Waals surface area contributed by atoms with Gasteiger partial charge in [0.05, 0.1) is 0 Å². The minimum Gasteiger partial charge on any atom is -0.460 e. The molecular formula is C50H37N3O. The highest BCUT2D eigenvalue weighted by Crippen LogP contribution is 2.47. The summed E-state index contributed by atoms with van der Waals surface area (Å²) in [6.45, 7) is 2.30. The van der Waals surface area contributed by atoms with Crippen LogP contribution < -0.4 is 0 Å². The molecule has 0 radical (unpaired) electrons. The van der Waals surface area contributed by atoms with Crippen LogP contribution in [-0.4, -0.2) is 15.0 Å². The van der Waals surface area contributed by atoms with E-state index in [0.717, 1.165) is 81.9 Å². The van der Waals surface area contributed by atoms with Crippen molar-refractivity contribution in [1.29, 1.82) is 0 Å². The van der Waals surface area contributed by atoms with E-state index < -0.39 is 0 Å². The largest absolute Gasteiger partial charge is 0.460 e. The molecule has 1 atom stereocenters. The van der Waals surface area contributed by atoms with E-state index in [1.54, 1.807) is 0 Å². The van der Waals surface area contributed by atoms with Crippen molar-refractivity contribution in [2.75, 3.05) is 0 Å². The molecule has 4 aliphatic rings. The number of hydrogen-bond acceptors (Lipinski definition) is 4. The average Bonchev–Trinajstić information content (AvgIpc) is 3.61. The number of nitrogens with zero attached hydrogens (tertiary/aromatic N) is 3. The fourth-order valence-corrected chi connectivity index (χ4v) is 9.09.